The summed E-state index contributed by atoms with van der Waals surface area (Å²) in [5.74, 6) is -0.213. The van der Waals surface area contributed by atoms with Gasteiger partial charge in [0, 0.05) is 6.61 Å². The van der Waals surface area contributed by atoms with E-state index in [1.54, 1.807) is 6.92 Å². The van der Waals surface area contributed by atoms with E-state index < -0.39 is 5.97 Å². The number of nitrogens with one attached hydrogen (secondary N) is 1. The van der Waals surface area contributed by atoms with Gasteiger partial charge >= 0.3 is 5.97 Å². The Morgan fingerprint density at radius 1 is 1.76 bits per heavy atom. The fraction of sp³-hybridized carbons (Fsp3) is 0.600. The van der Waals surface area contributed by atoms with E-state index in [2.05, 4.69) is 9.69 Å². The standard InChI is InChI=1S/C10H15N3O3S/c1-2-16-10(14)7-8(11)13-17-9(7)12-6-3-4-15-5-6/h6,12H,2-5H2,1H3,(H2,11,13). The van der Waals surface area contributed by atoms with Gasteiger partial charge in [-0.1, -0.05) is 0 Å². The normalized spacial score (nSPS) is 19.2. The fourth-order valence-corrected chi connectivity index (χ4v) is 2.41. The molecule has 0 saturated carbocycles. The number of anilines is 2. The van der Waals surface area contributed by atoms with E-state index in [1.807, 2.05) is 0 Å². The summed E-state index contributed by atoms with van der Waals surface area (Å²) < 4.78 is 14.2. The maximum Gasteiger partial charge on any atom is 0.344 e. The molecule has 0 bridgehead atoms. The third kappa shape index (κ3) is 2.67. The van der Waals surface area contributed by atoms with Gasteiger partial charge in [0.2, 0.25) is 0 Å². The van der Waals surface area contributed by atoms with Crippen LogP contribution in [0.3, 0.4) is 0 Å². The molecule has 1 aromatic heterocycles. The van der Waals surface area contributed by atoms with Crippen molar-refractivity contribution in [1.82, 2.24) is 4.37 Å². The maximum absolute atomic E-state index is 11.7. The molecule has 1 fully saturated rings. The number of carbonyl (C=O) groups is 1. The molecule has 2 rings (SSSR count). The van der Waals surface area contributed by atoms with Gasteiger partial charge in [0.25, 0.3) is 0 Å². The minimum Gasteiger partial charge on any atom is -0.462 e. The third-order valence-electron chi connectivity index (χ3n) is 2.46. The van der Waals surface area contributed by atoms with Crippen LogP contribution in [0.5, 0.6) is 0 Å². The number of nitrogens with two attached hydrogens (primary N) is 1. The molecule has 2 heterocycles. The first kappa shape index (κ1) is 12.1. The number of rotatable bonds is 4. The molecule has 0 aliphatic carbocycles. The van der Waals surface area contributed by atoms with E-state index in [0.29, 0.717) is 23.8 Å². The molecule has 1 aromatic rings. The molecule has 7 heteroatoms. The SMILES string of the molecule is CCOC(=O)c1c(N)nsc1NC1CCOC1. The van der Waals surface area contributed by atoms with Crippen LogP contribution in [0, 0.1) is 0 Å². The van der Waals surface area contributed by atoms with Crippen LogP contribution in [0.2, 0.25) is 0 Å². The predicted molar refractivity (Wildman–Crippen MR) is 65.3 cm³/mol. The summed E-state index contributed by atoms with van der Waals surface area (Å²) in [5.41, 5.74) is 6.01. The third-order valence-corrected chi connectivity index (χ3v) is 3.26. The minimum atomic E-state index is -0.430. The first-order chi connectivity index (χ1) is 8.22. The Balaban J connectivity index is 2.13. The number of nitrogen functional groups attached to an aromatic ring is 1. The van der Waals surface area contributed by atoms with Crippen LogP contribution < -0.4 is 11.1 Å². The van der Waals surface area contributed by atoms with Crippen LogP contribution in [0.25, 0.3) is 0 Å². The molecule has 1 unspecified atom stereocenters. The number of hydrogen-bond donors (Lipinski definition) is 2. The lowest BCUT2D eigenvalue weighted by molar-refractivity contribution is 0.0529. The Hall–Kier alpha value is -1.34. The number of hydrogen-bond acceptors (Lipinski definition) is 7. The Morgan fingerprint density at radius 3 is 3.24 bits per heavy atom. The topological polar surface area (TPSA) is 86.5 Å². The van der Waals surface area contributed by atoms with Crippen molar-refractivity contribution >= 4 is 28.3 Å². The highest BCUT2D eigenvalue weighted by atomic mass is 32.1. The molecule has 6 nitrogen and oxygen atoms in total. The quantitative estimate of drug-likeness (QED) is 0.786. The molecule has 94 valence electrons. The Morgan fingerprint density at radius 2 is 2.59 bits per heavy atom. The Bertz CT molecular complexity index is 402. The smallest absolute Gasteiger partial charge is 0.344 e. The Labute approximate surface area is 103 Å². The van der Waals surface area contributed by atoms with Crippen molar-refractivity contribution in [2.24, 2.45) is 0 Å². The van der Waals surface area contributed by atoms with Crippen molar-refractivity contribution in [3.8, 4) is 0 Å². The molecule has 0 aromatic carbocycles. The summed E-state index contributed by atoms with van der Waals surface area (Å²) >= 11 is 1.17. The van der Waals surface area contributed by atoms with Gasteiger partial charge in [0.1, 0.15) is 10.6 Å². The van der Waals surface area contributed by atoms with Crippen LogP contribution in [-0.4, -0.2) is 36.2 Å². The maximum atomic E-state index is 11.7. The molecule has 1 saturated heterocycles. The molecular formula is C10H15N3O3S. The van der Waals surface area contributed by atoms with Gasteiger partial charge in [-0.2, -0.15) is 4.37 Å². The fourth-order valence-electron chi connectivity index (χ4n) is 1.64. The van der Waals surface area contributed by atoms with E-state index in [1.165, 1.54) is 11.5 Å². The van der Waals surface area contributed by atoms with E-state index in [-0.39, 0.29) is 11.9 Å². The summed E-state index contributed by atoms with van der Waals surface area (Å²) in [5, 5.41) is 3.88. The van der Waals surface area contributed by atoms with Gasteiger partial charge < -0.3 is 20.5 Å². The number of ether oxygens (including phenoxy) is 2. The van der Waals surface area contributed by atoms with Crippen molar-refractivity contribution in [3.63, 3.8) is 0 Å². The van der Waals surface area contributed by atoms with Crippen LogP contribution in [0.4, 0.5) is 10.8 Å². The molecular weight excluding hydrogens is 242 g/mol. The van der Waals surface area contributed by atoms with Crippen LogP contribution >= 0.6 is 11.5 Å². The van der Waals surface area contributed by atoms with Crippen LogP contribution in [0.1, 0.15) is 23.7 Å². The molecule has 3 N–H and O–H groups in total. The number of carbonyl (C=O) groups excluding carboxylic acids is 1. The highest BCUT2D eigenvalue weighted by molar-refractivity contribution is 7.11. The highest BCUT2D eigenvalue weighted by Crippen LogP contribution is 2.29. The zero-order valence-electron chi connectivity index (χ0n) is 9.56. The van der Waals surface area contributed by atoms with Gasteiger partial charge in [-0.25, -0.2) is 4.79 Å². The number of nitrogens with zero attached hydrogens (tertiary/aromatic N) is 1. The summed E-state index contributed by atoms with van der Waals surface area (Å²) in [7, 11) is 0. The lowest BCUT2D eigenvalue weighted by Gasteiger charge is -2.11. The zero-order valence-corrected chi connectivity index (χ0v) is 10.4. The van der Waals surface area contributed by atoms with Crippen molar-refractivity contribution < 1.29 is 14.3 Å². The second-order valence-corrected chi connectivity index (χ2v) is 4.47. The van der Waals surface area contributed by atoms with Crippen molar-refractivity contribution in [3.05, 3.63) is 5.56 Å². The predicted octanol–water partition coefficient (Wildman–Crippen LogP) is 1.10. The summed E-state index contributed by atoms with van der Waals surface area (Å²) in [6, 6.07) is 0.211. The first-order valence-electron chi connectivity index (χ1n) is 5.49. The van der Waals surface area contributed by atoms with Gasteiger partial charge in [-0.15, -0.1) is 0 Å². The Kier molecular flexibility index (Phi) is 3.80. The lowest BCUT2D eigenvalue weighted by atomic mass is 10.2. The minimum absolute atomic E-state index is 0.211. The summed E-state index contributed by atoms with van der Waals surface area (Å²) in [6.45, 7) is 3.45. The molecule has 1 atom stereocenters. The monoisotopic (exact) mass is 257 g/mol. The number of aromatic nitrogens is 1. The van der Waals surface area contributed by atoms with Gasteiger partial charge in [-0.3, -0.25) is 0 Å². The van der Waals surface area contributed by atoms with E-state index in [9.17, 15) is 4.79 Å². The summed E-state index contributed by atoms with van der Waals surface area (Å²) in [6.07, 6.45) is 0.917. The van der Waals surface area contributed by atoms with Gasteiger partial charge in [0.15, 0.2) is 5.82 Å². The summed E-state index contributed by atoms with van der Waals surface area (Å²) in [4.78, 5) is 11.7. The van der Waals surface area contributed by atoms with Gasteiger partial charge in [-0.05, 0) is 24.9 Å². The molecule has 0 amide bonds. The second-order valence-electron chi connectivity index (χ2n) is 3.70. The van der Waals surface area contributed by atoms with Crippen molar-refractivity contribution in [2.45, 2.75) is 19.4 Å². The molecule has 0 radical (unpaired) electrons. The van der Waals surface area contributed by atoms with Gasteiger partial charge in [0.05, 0.1) is 19.3 Å². The van der Waals surface area contributed by atoms with Crippen molar-refractivity contribution in [2.75, 3.05) is 30.9 Å². The number of esters is 1. The van der Waals surface area contributed by atoms with Crippen LogP contribution in [0.15, 0.2) is 0 Å². The largest absolute Gasteiger partial charge is 0.462 e. The molecule has 1 aliphatic heterocycles. The zero-order chi connectivity index (χ0) is 12.3. The lowest BCUT2D eigenvalue weighted by Crippen LogP contribution is -2.20. The second kappa shape index (κ2) is 5.33. The van der Waals surface area contributed by atoms with E-state index >= 15 is 0 Å². The van der Waals surface area contributed by atoms with Crippen LogP contribution in [-0.2, 0) is 9.47 Å². The molecule has 17 heavy (non-hydrogen) atoms. The van der Waals surface area contributed by atoms with E-state index in [4.69, 9.17) is 15.2 Å². The first-order valence-corrected chi connectivity index (χ1v) is 6.26. The average Bonchev–Trinajstić information content (AvgIpc) is 2.90. The average molecular weight is 257 g/mol. The highest BCUT2D eigenvalue weighted by Gasteiger charge is 2.24. The van der Waals surface area contributed by atoms with Crippen molar-refractivity contribution in [1.29, 1.82) is 0 Å². The molecule has 1 aliphatic rings. The van der Waals surface area contributed by atoms with E-state index in [0.717, 1.165) is 13.0 Å². The molecule has 0 spiro atoms.